The number of hydrogen-bond acceptors (Lipinski definition) is 4. The summed E-state index contributed by atoms with van der Waals surface area (Å²) in [6, 6.07) is 6.84. The van der Waals surface area contributed by atoms with E-state index >= 15 is 0 Å². The minimum atomic E-state index is 0.561. The SMILES string of the molecule is Cc1cccc(N2CCC[C@@H](N(C)Cc3cncn3C)C2)n1. The van der Waals surface area contributed by atoms with E-state index in [1.807, 2.05) is 12.5 Å². The monoisotopic (exact) mass is 299 g/mol. The predicted molar refractivity (Wildman–Crippen MR) is 88.9 cm³/mol. The lowest BCUT2D eigenvalue weighted by molar-refractivity contribution is 0.203. The maximum absolute atomic E-state index is 4.67. The number of rotatable bonds is 4. The highest BCUT2D eigenvalue weighted by molar-refractivity contribution is 5.40. The standard InChI is InChI=1S/C17H25N5/c1-14-6-4-8-17(19-14)22-9-5-7-15(12-22)20(2)11-16-10-18-13-21(16)3/h4,6,8,10,13,15H,5,7,9,11-12H2,1-3H3/t15-/m1/s1. The van der Waals surface area contributed by atoms with Gasteiger partial charge < -0.3 is 9.47 Å². The minimum absolute atomic E-state index is 0.561. The van der Waals surface area contributed by atoms with Gasteiger partial charge >= 0.3 is 0 Å². The fraction of sp³-hybridized carbons (Fsp3) is 0.529. The number of nitrogens with zero attached hydrogens (tertiary/aromatic N) is 5. The average Bonchev–Trinajstić information content (AvgIpc) is 2.92. The van der Waals surface area contributed by atoms with Crippen molar-refractivity contribution in [1.29, 1.82) is 0 Å². The molecule has 118 valence electrons. The third-order valence-electron chi connectivity index (χ3n) is 4.55. The maximum Gasteiger partial charge on any atom is 0.128 e. The number of likely N-dealkylation sites (N-methyl/N-ethyl adjacent to an activating group) is 1. The first-order valence-corrected chi connectivity index (χ1v) is 7.97. The van der Waals surface area contributed by atoms with E-state index in [9.17, 15) is 0 Å². The van der Waals surface area contributed by atoms with Crippen LogP contribution in [0.4, 0.5) is 5.82 Å². The average molecular weight is 299 g/mol. The highest BCUT2D eigenvalue weighted by Gasteiger charge is 2.24. The van der Waals surface area contributed by atoms with Crippen LogP contribution in [0.15, 0.2) is 30.7 Å². The first kappa shape index (κ1) is 15.0. The van der Waals surface area contributed by atoms with Crippen LogP contribution in [0.5, 0.6) is 0 Å². The molecule has 0 saturated carbocycles. The topological polar surface area (TPSA) is 37.2 Å². The second-order valence-corrected chi connectivity index (χ2v) is 6.29. The number of anilines is 1. The van der Waals surface area contributed by atoms with E-state index < -0.39 is 0 Å². The van der Waals surface area contributed by atoms with Crippen molar-refractivity contribution in [2.24, 2.45) is 7.05 Å². The van der Waals surface area contributed by atoms with Gasteiger partial charge in [0.1, 0.15) is 5.82 Å². The molecule has 3 rings (SSSR count). The van der Waals surface area contributed by atoms with Crippen LogP contribution in [0.3, 0.4) is 0 Å². The summed E-state index contributed by atoms with van der Waals surface area (Å²) in [5, 5.41) is 0. The van der Waals surface area contributed by atoms with Crippen molar-refractivity contribution in [2.45, 2.75) is 32.4 Å². The van der Waals surface area contributed by atoms with Crippen LogP contribution in [0.1, 0.15) is 24.2 Å². The summed E-state index contributed by atoms with van der Waals surface area (Å²) in [6.45, 7) is 5.15. The molecule has 0 unspecified atom stereocenters. The zero-order valence-corrected chi connectivity index (χ0v) is 13.7. The maximum atomic E-state index is 4.67. The molecule has 1 aliphatic rings. The molecule has 1 fully saturated rings. The van der Waals surface area contributed by atoms with Crippen LogP contribution < -0.4 is 4.90 Å². The zero-order chi connectivity index (χ0) is 15.5. The van der Waals surface area contributed by atoms with Gasteiger partial charge in [-0.15, -0.1) is 0 Å². The van der Waals surface area contributed by atoms with E-state index in [2.05, 4.69) is 63.6 Å². The molecule has 2 aromatic heterocycles. The summed E-state index contributed by atoms with van der Waals surface area (Å²) in [5.41, 5.74) is 2.34. The molecular weight excluding hydrogens is 274 g/mol. The molecule has 1 atom stereocenters. The van der Waals surface area contributed by atoms with Gasteiger partial charge in [0.2, 0.25) is 0 Å². The minimum Gasteiger partial charge on any atom is -0.355 e. The van der Waals surface area contributed by atoms with Crippen molar-refractivity contribution in [3.8, 4) is 0 Å². The van der Waals surface area contributed by atoms with E-state index in [-0.39, 0.29) is 0 Å². The molecule has 22 heavy (non-hydrogen) atoms. The van der Waals surface area contributed by atoms with Gasteiger partial charge in [-0.3, -0.25) is 4.90 Å². The fourth-order valence-electron chi connectivity index (χ4n) is 3.15. The molecule has 1 saturated heterocycles. The summed E-state index contributed by atoms with van der Waals surface area (Å²) in [6.07, 6.45) is 6.29. The molecule has 0 spiro atoms. The van der Waals surface area contributed by atoms with Crippen molar-refractivity contribution in [1.82, 2.24) is 19.4 Å². The molecule has 5 nitrogen and oxygen atoms in total. The van der Waals surface area contributed by atoms with Gasteiger partial charge in [-0.2, -0.15) is 0 Å². The van der Waals surface area contributed by atoms with Gasteiger partial charge in [0.05, 0.1) is 12.0 Å². The number of imidazole rings is 1. The summed E-state index contributed by atoms with van der Waals surface area (Å²) < 4.78 is 2.10. The van der Waals surface area contributed by atoms with Crippen molar-refractivity contribution < 1.29 is 0 Å². The van der Waals surface area contributed by atoms with Crippen molar-refractivity contribution in [3.05, 3.63) is 42.1 Å². The molecule has 0 N–H and O–H groups in total. The Morgan fingerprint density at radius 2 is 2.23 bits per heavy atom. The lowest BCUT2D eigenvalue weighted by Crippen LogP contribution is -2.46. The highest BCUT2D eigenvalue weighted by atomic mass is 15.3. The molecule has 0 radical (unpaired) electrons. The van der Waals surface area contributed by atoms with Crippen LogP contribution >= 0.6 is 0 Å². The van der Waals surface area contributed by atoms with E-state index in [0.717, 1.165) is 31.1 Å². The first-order chi connectivity index (χ1) is 10.6. The van der Waals surface area contributed by atoms with Gasteiger partial charge in [-0.1, -0.05) is 6.07 Å². The van der Waals surface area contributed by atoms with Gasteiger partial charge in [0.15, 0.2) is 0 Å². The number of pyridine rings is 1. The van der Waals surface area contributed by atoms with Gasteiger partial charge in [-0.25, -0.2) is 9.97 Å². The Balaban J connectivity index is 1.66. The molecule has 0 bridgehead atoms. The predicted octanol–water partition coefficient (Wildman–Crippen LogP) is 2.22. The number of piperidine rings is 1. The first-order valence-electron chi connectivity index (χ1n) is 7.97. The third-order valence-corrected chi connectivity index (χ3v) is 4.55. The molecule has 2 aromatic rings. The Labute approximate surface area is 132 Å². The quantitative estimate of drug-likeness (QED) is 0.867. The van der Waals surface area contributed by atoms with Gasteiger partial charge in [0.25, 0.3) is 0 Å². The Bertz CT molecular complexity index is 621. The second kappa shape index (κ2) is 6.48. The van der Waals surface area contributed by atoms with E-state index in [0.29, 0.717) is 6.04 Å². The number of hydrogen-bond donors (Lipinski definition) is 0. The van der Waals surface area contributed by atoms with Crippen molar-refractivity contribution >= 4 is 5.82 Å². The number of aromatic nitrogens is 3. The van der Waals surface area contributed by atoms with Gasteiger partial charge in [-0.05, 0) is 38.9 Å². The summed E-state index contributed by atoms with van der Waals surface area (Å²) in [5.74, 6) is 1.11. The lowest BCUT2D eigenvalue weighted by Gasteiger charge is -2.38. The molecule has 0 amide bonds. The van der Waals surface area contributed by atoms with E-state index in [1.54, 1.807) is 0 Å². The van der Waals surface area contributed by atoms with Crippen molar-refractivity contribution in [2.75, 3.05) is 25.0 Å². The van der Waals surface area contributed by atoms with E-state index in [4.69, 9.17) is 0 Å². The molecule has 0 aromatic carbocycles. The van der Waals surface area contributed by atoms with Crippen LogP contribution in [0.25, 0.3) is 0 Å². The number of aryl methyl sites for hydroxylation is 2. The lowest BCUT2D eigenvalue weighted by atomic mass is 10.0. The van der Waals surface area contributed by atoms with Crippen LogP contribution in [-0.4, -0.2) is 45.6 Å². The second-order valence-electron chi connectivity index (χ2n) is 6.29. The van der Waals surface area contributed by atoms with E-state index in [1.165, 1.54) is 18.5 Å². The summed E-state index contributed by atoms with van der Waals surface area (Å²) >= 11 is 0. The smallest absolute Gasteiger partial charge is 0.128 e. The van der Waals surface area contributed by atoms with Crippen LogP contribution in [0.2, 0.25) is 0 Å². The van der Waals surface area contributed by atoms with Crippen LogP contribution in [-0.2, 0) is 13.6 Å². The normalized spacial score (nSPS) is 18.9. The highest BCUT2D eigenvalue weighted by Crippen LogP contribution is 2.21. The Kier molecular flexibility index (Phi) is 4.43. The zero-order valence-electron chi connectivity index (χ0n) is 13.7. The molecule has 0 aliphatic carbocycles. The Morgan fingerprint density at radius 1 is 1.36 bits per heavy atom. The van der Waals surface area contributed by atoms with Gasteiger partial charge in [0, 0.05) is 44.6 Å². The fourth-order valence-corrected chi connectivity index (χ4v) is 3.15. The molecule has 1 aliphatic heterocycles. The Hall–Kier alpha value is -1.88. The summed E-state index contributed by atoms with van der Waals surface area (Å²) in [7, 11) is 4.27. The Morgan fingerprint density at radius 3 is 2.95 bits per heavy atom. The largest absolute Gasteiger partial charge is 0.355 e. The molecule has 5 heteroatoms. The van der Waals surface area contributed by atoms with Crippen molar-refractivity contribution in [3.63, 3.8) is 0 Å². The molecule has 3 heterocycles. The van der Waals surface area contributed by atoms with Crippen LogP contribution in [0, 0.1) is 6.92 Å². The molecular formula is C17H25N5. The summed E-state index contributed by atoms with van der Waals surface area (Å²) in [4.78, 5) is 13.7. The third kappa shape index (κ3) is 3.30.